The molecule has 4 rings (SSSR count). The molecule has 0 saturated carbocycles. The number of alkyl halides is 3. The van der Waals surface area contributed by atoms with Gasteiger partial charge in [0.2, 0.25) is 6.10 Å². The summed E-state index contributed by atoms with van der Waals surface area (Å²) in [5.41, 5.74) is -0.0124. The van der Waals surface area contributed by atoms with Crippen LogP contribution in [0.5, 0.6) is 5.75 Å². The van der Waals surface area contributed by atoms with E-state index in [4.69, 9.17) is 16.3 Å². The number of para-hydroxylation sites is 1. The van der Waals surface area contributed by atoms with Crippen LogP contribution < -0.4 is 10.1 Å². The Balaban J connectivity index is 1.70. The van der Waals surface area contributed by atoms with E-state index in [-0.39, 0.29) is 10.7 Å². The molecule has 1 unspecified atom stereocenters. The molecule has 0 aliphatic rings. The number of fused-ring (bicyclic) bond motifs is 1. The number of ether oxygens (including phenoxy) is 1. The third kappa shape index (κ3) is 4.68. The Morgan fingerprint density at radius 3 is 2.47 bits per heavy atom. The van der Waals surface area contributed by atoms with Gasteiger partial charge < -0.3 is 10.1 Å². The summed E-state index contributed by atoms with van der Waals surface area (Å²) in [6.45, 7) is 0. The second kappa shape index (κ2) is 8.88. The minimum absolute atomic E-state index is 0.0232. The molecule has 0 saturated heterocycles. The molecule has 0 fully saturated rings. The van der Waals surface area contributed by atoms with Crippen molar-refractivity contribution in [3.05, 3.63) is 101 Å². The van der Waals surface area contributed by atoms with Gasteiger partial charge in [-0.15, -0.1) is 0 Å². The molecule has 162 valence electrons. The van der Waals surface area contributed by atoms with Crippen molar-refractivity contribution in [1.82, 2.24) is 4.98 Å². The van der Waals surface area contributed by atoms with Crippen molar-refractivity contribution in [1.29, 1.82) is 0 Å². The fourth-order valence-corrected chi connectivity index (χ4v) is 3.36. The summed E-state index contributed by atoms with van der Waals surface area (Å²) in [7, 11) is 0. The number of aromatic nitrogens is 1. The molecule has 0 aliphatic heterocycles. The van der Waals surface area contributed by atoms with Crippen LogP contribution in [-0.2, 0) is 11.0 Å². The second-order valence-electron chi connectivity index (χ2n) is 6.92. The van der Waals surface area contributed by atoms with Gasteiger partial charge in [0.25, 0.3) is 5.91 Å². The minimum Gasteiger partial charge on any atom is -0.474 e. The molecular formula is C24H16ClF3N2O2. The molecule has 8 heteroatoms. The van der Waals surface area contributed by atoms with E-state index in [0.717, 1.165) is 23.6 Å². The van der Waals surface area contributed by atoms with Crippen LogP contribution in [0.2, 0.25) is 5.02 Å². The van der Waals surface area contributed by atoms with E-state index in [1.165, 1.54) is 0 Å². The Labute approximate surface area is 186 Å². The van der Waals surface area contributed by atoms with Crippen molar-refractivity contribution in [2.45, 2.75) is 12.3 Å². The molecule has 1 aromatic heterocycles. The van der Waals surface area contributed by atoms with Gasteiger partial charge in [-0.3, -0.25) is 9.78 Å². The Hall–Kier alpha value is -3.58. The van der Waals surface area contributed by atoms with E-state index in [1.54, 1.807) is 54.7 Å². The van der Waals surface area contributed by atoms with Crippen LogP contribution in [0.3, 0.4) is 0 Å². The summed E-state index contributed by atoms with van der Waals surface area (Å²) in [4.78, 5) is 17.5. The Morgan fingerprint density at radius 1 is 0.969 bits per heavy atom. The van der Waals surface area contributed by atoms with Crippen LogP contribution in [0.1, 0.15) is 17.2 Å². The van der Waals surface area contributed by atoms with Crippen molar-refractivity contribution < 1.29 is 22.7 Å². The number of pyridine rings is 1. The van der Waals surface area contributed by atoms with Gasteiger partial charge in [-0.2, -0.15) is 13.2 Å². The van der Waals surface area contributed by atoms with E-state index in [1.807, 2.05) is 12.1 Å². The van der Waals surface area contributed by atoms with Crippen molar-refractivity contribution in [2.24, 2.45) is 0 Å². The van der Waals surface area contributed by atoms with Gasteiger partial charge in [-0.1, -0.05) is 60.1 Å². The van der Waals surface area contributed by atoms with Crippen LogP contribution >= 0.6 is 11.6 Å². The number of carbonyl (C=O) groups is 1. The van der Waals surface area contributed by atoms with Crippen LogP contribution in [-0.4, -0.2) is 10.9 Å². The number of hydrogen-bond acceptors (Lipinski definition) is 3. The number of nitrogens with zero attached hydrogens (tertiary/aromatic N) is 1. The molecule has 1 amide bonds. The number of rotatable bonds is 5. The summed E-state index contributed by atoms with van der Waals surface area (Å²) >= 11 is 6.05. The molecule has 1 heterocycles. The molecule has 32 heavy (non-hydrogen) atoms. The average molecular weight is 457 g/mol. The van der Waals surface area contributed by atoms with E-state index >= 15 is 0 Å². The van der Waals surface area contributed by atoms with Gasteiger partial charge >= 0.3 is 6.18 Å². The lowest BCUT2D eigenvalue weighted by Gasteiger charge is -2.20. The normalized spacial score (nSPS) is 12.4. The van der Waals surface area contributed by atoms with Gasteiger partial charge in [0.15, 0.2) is 0 Å². The number of carbonyl (C=O) groups excluding carboxylic acids is 1. The van der Waals surface area contributed by atoms with E-state index in [9.17, 15) is 18.0 Å². The SMILES string of the molecule is O=C(Nc1cc(C(F)(F)F)ccc1Cl)C(Oc1cccc2cccnc12)c1ccccc1. The third-order valence-electron chi connectivity index (χ3n) is 4.73. The quantitative estimate of drug-likeness (QED) is 0.365. The average Bonchev–Trinajstić information content (AvgIpc) is 2.78. The van der Waals surface area contributed by atoms with Crippen molar-refractivity contribution in [3.63, 3.8) is 0 Å². The van der Waals surface area contributed by atoms with Crippen molar-refractivity contribution in [2.75, 3.05) is 5.32 Å². The first kappa shape index (κ1) is 21.6. The first-order valence-corrected chi connectivity index (χ1v) is 9.94. The van der Waals surface area contributed by atoms with Gasteiger partial charge in [0.1, 0.15) is 11.3 Å². The summed E-state index contributed by atoms with van der Waals surface area (Å²) < 4.78 is 45.4. The molecule has 0 spiro atoms. The predicted octanol–water partition coefficient (Wildman–Crippen LogP) is 6.67. The monoisotopic (exact) mass is 456 g/mol. The highest BCUT2D eigenvalue weighted by atomic mass is 35.5. The molecule has 4 nitrogen and oxygen atoms in total. The molecule has 1 atom stereocenters. The smallest absolute Gasteiger partial charge is 0.416 e. The fourth-order valence-electron chi connectivity index (χ4n) is 3.19. The maximum atomic E-state index is 13.2. The lowest BCUT2D eigenvalue weighted by atomic mass is 10.1. The van der Waals surface area contributed by atoms with Crippen LogP contribution in [0.25, 0.3) is 10.9 Å². The molecule has 4 aromatic rings. The van der Waals surface area contributed by atoms with Crippen LogP contribution in [0.4, 0.5) is 18.9 Å². The number of anilines is 1. The summed E-state index contributed by atoms with van der Waals surface area (Å²) in [6, 6.07) is 20.3. The standard InChI is InChI=1S/C24H16ClF3N2O2/c25-18-12-11-17(24(26,27)28)14-19(18)30-23(31)22(16-6-2-1-3-7-16)32-20-10-4-8-15-9-5-13-29-21(15)20/h1-14,22H,(H,30,31). The third-order valence-corrected chi connectivity index (χ3v) is 5.06. The number of hydrogen-bond donors (Lipinski definition) is 1. The molecule has 3 aromatic carbocycles. The zero-order chi connectivity index (χ0) is 22.7. The molecule has 1 N–H and O–H groups in total. The Morgan fingerprint density at radius 2 is 1.72 bits per heavy atom. The highest BCUT2D eigenvalue weighted by Crippen LogP contribution is 2.35. The van der Waals surface area contributed by atoms with E-state index in [2.05, 4.69) is 10.3 Å². The molecule has 0 aliphatic carbocycles. The first-order valence-electron chi connectivity index (χ1n) is 9.56. The van der Waals surface area contributed by atoms with Gasteiger partial charge in [-0.05, 0) is 30.3 Å². The summed E-state index contributed by atoms with van der Waals surface area (Å²) in [6.07, 6.45) is -4.13. The zero-order valence-corrected chi connectivity index (χ0v) is 17.2. The maximum Gasteiger partial charge on any atom is 0.416 e. The number of amides is 1. The summed E-state index contributed by atoms with van der Waals surface area (Å²) in [5.74, 6) is -0.312. The number of halogens is 4. The Bertz CT molecular complexity index is 1260. The molecule has 0 radical (unpaired) electrons. The second-order valence-corrected chi connectivity index (χ2v) is 7.33. The summed E-state index contributed by atoms with van der Waals surface area (Å²) in [5, 5.41) is 3.27. The van der Waals surface area contributed by atoms with Crippen LogP contribution in [0.15, 0.2) is 85.1 Å². The van der Waals surface area contributed by atoms with Gasteiger partial charge in [0, 0.05) is 17.1 Å². The van der Waals surface area contributed by atoms with Gasteiger partial charge in [0.05, 0.1) is 16.3 Å². The van der Waals surface area contributed by atoms with Gasteiger partial charge in [-0.25, -0.2) is 0 Å². The van der Waals surface area contributed by atoms with Crippen molar-refractivity contribution >= 4 is 34.1 Å². The fraction of sp³-hybridized carbons (Fsp3) is 0.0833. The zero-order valence-electron chi connectivity index (χ0n) is 16.4. The molecular weight excluding hydrogens is 441 g/mol. The largest absolute Gasteiger partial charge is 0.474 e. The minimum atomic E-state index is -4.58. The van der Waals surface area contributed by atoms with Crippen LogP contribution in [0, 0.1) is 0 Å². The highest BCUT2D eigenvalue weighted by Gasteiger charge is 2.32. The first-order chi connectivity index (χ1) is 15.3. The topological polar surface area (TPSA) is 51.2 Å². The molecule has 0 bridgehead atoms. The lowest BCUT2D eigenvalue weighted by Crippen LogP contribution is -2.26. The lowest BCUT2D eigenvalue weighted by molar-refractivity contribution is -0.137. The van der Waals surface area contributed by atoms with E-state index < -0.39 is 23.8 Å². The number of benzene rings is 3. The maximum absolute atomic E-state index is 13.2. The highest BCUT2D eigenvalue weighted by molar-refractivity contribution is 6.33. The Kier molecular flexibility index (Phi) is 6.01. The van der Waals surface area contributed by atoms with Crippen molar-refractivity contribution in [3.8, 4) is 5.75 Å². The predicted molar refractivity (Wildman–Crippen MR) is 117 cm³/mol. The number of nitrogens with one attached hydrogen (secondary N) is 1. The van der Waals surface area contributed by atoms with E-state index in [0.29, 0.717) is 16.8 Å².